The molecule has 1 saturated carbocycles. The summed E-state index contributed by atoms with van der Waals surface area (Å²) in [7, 11) is -4.57. The molecule has 0 unspecified atom stereocenters. The van der Waals surface area contributed by atoms with Crippen LogP contribution in [0.2, 0.25) is 0 Å². The Balaban J connectivity index is 1.59. The zero-order valence-electron chi connectivity index (χ0n) is 23.7. The van der Waals surface area contributed by atoms with Crippen molar-refractivity contribution in [1.82, 2.24) is 19.9 Å². The number of hydrogen-bond acceptors (Lipinski definition) is 7. The second kappa shape index (κ2) is 12.0. The maximum Gasteiger partial charge on any atom is 0.287 e. The fourth-order valence-electron chi connectivity index (χ4n) is 4.74. The Labute approximate surface area is 221 Å². The van der Waals surface area contributed by atoms with Crippen molar-refractivity contribution in [2.45, 2.75) is 81.4 Å². The predicted octanol–water partition coefficient (Wildman–Crippen LogP) is 2.67. The van der Waals surface area contributed by atoms with Gasteiger partial charge in [0, 0.05) is 12.2 Å². The predicted molar refractivity (Wildman–Crippen MR) is 135 cm³/mol. The Kier molecular flexibility index (Phi) is 7.49. The summed E-state index contributed by atoms with van der Waals surface area (Å²) in [4.78, 5) is 43.7. The van der Waals surface area contributed by atoms with E-state index in [1.54, 1.807) is 0 Å². The molecule has 0 bridgehead atoms. The van der Waals surface area contributed by atoms with Gasteiger partial charge in [0.1, 0.15) is 6.04 Å². The first-order valence-electron chi connectivity index (χ1n) is 14.0. The molecule has 2 aromatic heterocycles. The number of pyridine rings is 1. The van der Waals surface area contributed by atoms with Crippen LogP contribution in [0.5, 0.6) is 0 Å². The maximum atomic E-state index is 13.6. The number of carbonyl (C=O) groups excluding carboxylic acids is 3. The summed E-state index contributed by atoms with van der Waals surface area (Å²) in [5.74, 6) is -2.75. The number of ketones is 1. The van der Waals surface area contributed by atoms with E-state index in [2.05, 4.69) is 15.6 Å². The molecule has 1 aliphatic heterocycles. The van der Waals surface area contributed by atoms with Crippen LogP contribution in [0.3, 0.4) is 0 Å². The molecular weight excluding hydrogens is 496 g/mol. The van der Waals surface area contributed by atoms with Gasteiger partial charge >= 0.3 is 0 Å². The quantitative estimate of drug-likeness (QED) is 0.532. The largest absolute Gasteiger partial charge is 0.459 e. The van der Waals surface area contributed by atoms with Crippen molar-refractivity contribution in [3.05, 3.63) is 48.6 Å². The molecule has 4 rings (SSSR count). The van der Waals surface area contributed by atoms with Crippen LogP contribution in [-0.4, -0.2) is 59.9 Å². The minimum Gasteiger partial charge on any atom is -0.459 e. The fourth-order valence-corrected chi connectivity index (χ4v) is 6.17. The van der Waals surface area contributed by atoms with Crippen molar-refractivity contribution in [3.63, 3.8) is 0 Å². The molecule has 2 aliphatic rings. The van der Waals surface area contributed by atoms with Gasteiger partial charge in [-0.15, -0.1) is 0 Å². The lowest BCUT2D eigenvalue weighted by Gasteiger charge is -2.27. The van der Waals surface area contributed by atoms with Gasteiger partial charge in [-0.3, -0.25) is 14.4 Å². The fraction of sp³-hybridized carbons (Fsp3) is 0.538. The van der Waals surface area contributed by atoms with E-state index in [4.69, 9.17) is 8.53 Å². The van der Waals surface area contributed by atoms with Crippen molar-refractivity contribution >= 4 is 27.6 Å². The van der Waals surface area contributed by atoms with Crippen molar-refractivity contribution in [2.24, 2.45) is 5.92 Å². The molecule has 10 nitrogen and oxygen atoms in total. The van der Waals surface area contributed by atoms with Crippen LogP contribution in [0, 0.1) is 5.92 Å². The van der Waals surface area contributed by atoms with Crippen molar-refractivity contribution < 1.29 is 31.3 Å². The molecule has 0 radical (unpaired) electrons. The number of nitrogens with zero attached hydrogens (tertiary/aromatic N) is 2. The van der Waals surface area contributed by atoms with Crippen LogP contribution in [0.15, 0.2) is 52.2 Å². The van der Waals surface area contributed by atoms with E-state index < -0.39 is 57.2 Å². The van der Waals surface area contributed by atoms with Gasteiger partial charge in [0.05, 0.1) is 22.9 Å². The minimum atomic E-state index is -4.57. The first-order chi connectivity index (χ1) is 18.9. The van der Waals surface area contributed by atoms with Crippen LogP contribution >= 0.6 is 0 Å². The molecule has 0 aromatic carbocycles. The van der Waals surface area contributed by atoms with E-state index >= 15 is 0 Å². The second-order valence-corrected chi connectivity index (χ2v) is 11.3. The number of carbonyl (C=O) groups is 3. The highest BCUT2D eigenvalue weighted by molar-refractivity contribution is 7.89. The summed E-state index contributed by atoms with van der Waals surface area (Å²) in [5.41, 5.74) is 0. The summed E-state index contributed by atoms with van der Waals surface area (Å²) in [6.07, 6.45) is 7.20. The Bertz CT molecular complexity index is 1320. The Morgan fingerprint density at radius 2 is 1.97 bits per heavy atom. The number of hydrogen-bond donors (Lipinski definition) is 2. The number of sulfonamides is 1. The van der Waals surface area contributed by atoms with Gasteiger partial charge in [-0.25, -0.2) is 13.4 Å². The molecule has 3 atom stereocenters. The summed E-state index contributed by atoms with van der Waals surface area (Å²) >= 11 is 0. The van der Waals surface area contributed by atoms with Gasteiger partial charge in [0.15, 0.2) is 16.6 Å². The summed E-state index contributed by atoms with van der Waals surface area (Å²) < 4.78 is 58.3. The Morgan fingerprint density at radius 1 is 1.19 bits per heavy atom. The third kappa shape index (κ3) is 6.64. The lowest BCUT2D eigenvalue weighted by molar-refractivity contribution is -0.129. The van der Waals surface area contributed by atoms with Crippen LogP contribution in [0.25, 0.3) is 0 Å². The van der Waals surface area contributed by atoms with E-state index in [9.17, 15) is 22.8 Å². The van der Waals surface area contributed by atoms with Gasteiger partial charge in [0.2, 0.25) is 5.91 Å². The summed E-state index contributed by atoms with van der Waals surface area (Å²) in [6, 6.07) is 2.48. The average molecular weight is 534 g/mol. The topological polar surface area (TPSA) is 139 Å². The molecule has 2 amide bonds. The maximum absolute atomic E-state index is 13.6. The Morgan fingerprint density at radius 3 is 2.65 bits per heavy atom. The van der Waals surface area contributed by atoms with Gasteiger partial charge in [-0.2, -0.15) is 4.31 Å². The highest BCUT2D eigenvalue weighted by Crippen LogP contribution is 2.28. The van der Waals surface area contributed by atoms with Gasteiger partial charge in [0.25, 0.3) is 15.9 Å². The molecule has 2 N–H and O–H groups in total. The molecule has 11 heteroatoms. The van der Waals surface area contributed by atoms with E-state index in [0.717, 1.165) is 32.1 Å². The lowest BCUT2D eigenvalue weighted by atomic mass is 9.84. The highest BCUT2D eigenvalue weighted by Gasteiger charge is 2.38. The van der Waals surface area contributed by atoms with Crippen molar-refractivity contribution in [3.8, 4) is 0 Å². The van der Waals surface area contributed by atoms with Crippen molar-refractivity contribution in [1.29, 1.82) is 0 Å². The van der Waals surface area contributed by atoms with Gasteiger partial charge < -0.3 is 15.1 Å². The molecule has 2 fully saturated rings. The standard InChI is InChI=1S/C26H34N4O6S/c1-18-12-13-20(22(31)17-30(18)37(34,35)24-11-5-6-14-27-24)28-25(32)21(16-19-8-3-2-4-9-19)29-26(33)23-10-7-15-36-23/h5-7,10-11,14-15,18-21H,2-4,8-9,12-13,16-17H2,1H3,(H,28,32)(H,29,33)/t18-,20+,21+/m1/s1/i17D2,20D. The first-order valence-corrected chi connectivity index (χ1v) is 14.0. The van der Waals surface area contributed by atoms with Crippen molar-refractivity contribution in [2.75, 3.05) is 6.50 Å². The molecule has 0 spiro atoms. The monoisotopic (exact) mass is 533 g/mol. The molecule has 37 heavy (non-hydrogen) atoms. The number of nitrogens with one attached hydrogen (secondary N) is 2. The Hall–Kier alpha value is -3.05. The van der Waals surface area contributed by atoms with Crippen LogP contribution in [-0.2, 0) is 19.6 Å². The number of amides is 2. The molecule has 200 valence electrons. The number of Topliss-reactive ketones (excluding diaryl/α,β-unsaturated/α-hetero) is 1. The van der Waals surface area contributed by atoms with E-state index in [-0.39, 0.29) is 30.9 Å². The number of furan rings is 1. The zero-order valence-corrected chi connectivity index (χ0v) is 21.5. The SMILES string of the molecule is [2H]C1([2H])C(=O)[C@@]([2H])(NC(=O)[C@H](CC2CCCCC2)NC(=O)c2ccco2)CC[C@@H](C)N1S(=O)(=O)c1ccccn1. The van der Waals surface area contributed by atoms with Crippen LogP contribution in [0.1, 0.15) is 73.0 Å². The molecule has 1 aliphatic carbocycles. The third-order valence-corrected chi connectivity index (χ3v) is 8.53. The van der Waals surface area contributed by atoms with E-state index in [1.165, 1.54) is 49.7 Å². The van der Waals surface area contributed by atoms with Gasteiger partial charge in [-0.1, -0.05) is 38.2 Å². The minimum absolute atomic E-state index is 0.00639. The summed E-state index contributed by atoms with van der Waals surface area (Å²) in [5, 5.41) is 4.57. The molecule has 1 saturated heterocycles. The average Bonchev–Trinajstić information content (AvgIpc) is 3.45. The highest BCUT2D eigenvalue weighted by atomic mass is 32.2. The molecular formula is C26H34N4O6S. The number of rotatable bonds is 8. The van der Waals surface area contributed by atoms with Crippen LogP contribution < -0.4 is 10.6 Å². The van der Waals surface area contributed by atoms with E-state index in [1.807, 2.05) is 0 Å². The normalized spacial score (nSPS) is 27.2. The summed E-state index contributed by atoms with van der Waals surface area (Å²) in [6.45, 7) is -1.73. The molecule has 3 heterocycles. The van der Waals surface area contributed by atoms with Crippen LogP contribution in [0.4, 0.5) is 0 Å². The van der Waals surface area contributed by atoms with E-state index in [0.29, 0.717) is 4.31 Å². The number of aromatic nitrogens is 1. The molecule has 2 aromatic rings. The van der Waals surface area contributed by atoms with Gasteiger partial charge in [-0.05, 0) is 56.4 Å². The second-order valence-electron chi connectivity index (χ2n) is 9.51. The smallest absolute Gasteiger partial charge is 0.287 e. The first kappa shape index (κ1) is 23.1. The lowest BCUT2D eigenvalue weighted by Crippen LogP contribution is -2.53. The zero-order chi connectivity index (χ0) is 29.1. The third-order valence-electron chi connectivity index (χ3n) is 6.79.